The molecule has 4 rings (SSSR count). The van der Waals surface area contributed by atoms with Crippen molar-refractivity contribution in [1.29, 1.82) is 0 Å². The molecule has 10 nitrogen and oxygen atoms in total. The Morgan fingerprint density at radius 2 is 1.70 bits per heavy atom. The lowest BCUT2D eigenvalue weighted by molar-refractivity contribution is -0.657. The highest BCUT2D eigenvalue weighted by Crippen LogP contribution is 2.43. The van der Waals surface area contributed by atoms with Crippen LogP contribution in [-0.2, 0) is 4.79 Å². The molecule has 10 heteroatoms. The molecule has 40 heavy (non-hydrogen) atoms. The molecule has 2 aromatic carbocycles. The number of fused-ring (bicyclic) bond motifs is 1. The van der Waals surface area contributed by atoms with Crippen molar-refractivity contribution in [3.05, 3.63) is 60.9 Å². The van der Waals surface area contributed by atoms with Crippen LogP contribution in [0.15, 0.2) is 65.3 Å². The Labute approximate surface area is 233 Å². The summed E-state index contributed by atoms with van der Waals surface area (Å²) in [5.41, 5.74) is 3.13. The van der Waals surface area contributed by atoms with E-state index in [9.17, 15) is 9.90 Å². The minimum absolute atomic E-state index is 0.0499. The smallest absolute Gasteiger partial charge is 0.234 e. The average molecular weight is 552 g/mol. The van der Waals surface area contributed by atoms with Crippen LogP contribution in [0.5, 0.6) is 11.6 Å². The maximum absolute atomic E-state index is 10.6. The van der Waals surface area contributed by atoms with Crippen molar-refractivity contribution in [2.24, 2.45) is 0 Å². The van der Waals surface area contributed by atoms with E-state index in [4.69, 9.17) is 24.1 Å². The van der Waals surface area contributed by atoms with E-state index in [0.717, 1.165) is 28.9 Å². The van der Waals surface area contributed by atoms with E-state index in [1.165, 1.54) is 6.33 Å². The second-order valence-electron chi connectivity index (χ2n) is 9.12. The van der Waals surface area contributed by atoms with Crippen LogP contribution >= 0.6 is 0 Å². The van der Waals surface area contributed by atoms with Crippen molar-refractivity contribution in [3.8, 4) is 34.1 Å². The zero-order valence-corrected chi connectivity index (χ0v) is 22.9. The molecule has 0 aliphatic rings. The Hall–Kier alpha value is -3.99. The first-order valence-corrected chi connectivity index (χ1v) is 13.4. The number of nitrogens with zero attached hydrogens (tertiary/aromatic N) is 2. The van der Waals surface area contributed by atoms with E-state index in [2.05, 4.69) is 9.97 Å². The molecule has 0 radical (unpaired) electrons. The third-order valence-corrected chi connectivity index (χ3v) is 6.09. The maximum Gasteiger partial charge on any atom is 0.234 e. The molecule has 4 aromatic rings. The Balaban J connectivity index is 0.000000559. The number of benzene rings is 2. The number of aromatic nitrogens is 2. The first-order chi connectivity index (χ1) is 19.5. The van der Waals surface area contributed by atoms with E-state index in [1.54, 1.807) is 7.11 Å². The second kappa shape index (κ2) is 16.2. The molecule has 0 unspecified atom stereocenters. The van der Waals surface area contributed by atoms with Crippen LogP contribution in [0.1, 0.15) is 32.6 Å². The van der Waals surface area contributed by atoms with Crippen LogP contribution in [-0.4, -0.2) is 65.7 Å². The first kappa shape index (κ1) is 30.6. The van der Waals surface area contributed by atoms with E-state index < -0.39 is 5.97 Å². The topological polar surface area (TPSA) is 155 Å². The molecule has 0 amide bonds. The lowest BCUT2D eigenvalue weighted by atomic mass is 9.99. The lowest BCUT2D eigenvalue weighted by Crippen LogP contribution is -2.85. The first-order valence-electron chi connectivity index (χ1n) is 13.4. The van der Waals surface area contributed by atoms with Gasteiger partial charge in [0.2, 0.25) is 11.6 Å². The summed E-state index contributed by atoms with van der Waals surface area (Å²) in [4.78, 5) is 19.4. The van der Waals surface area contributed by atoms with E-state index in [1.807, 2.05) is 66.8 Å². The van der Waals surface area contributed by atoms with Crippen molar-refractivity contribution in [2.75, 3.05) is 33.4 Å². The number of rotatable bonds is 14. The molecule has 0 bridgehead atoms. The summed E-state index contributed by atoms with van der Waals surface area (Å²) < 4.78 is 17.7. The fourth-order valence-electron chi connectivity index (χ4n) is 4.10. The minimum atomic E-state index is -1.03. The fourth-order valence-corrected chi connectivity index (χ4v) is 4.10. The van der Waals surface area contributed by atoms with Gasteiger partial charge in [0.05, 0.1) is 39.5 Å². The Kier molecular flexibility index (Phi) is 12.4. The summed E-state index contributed by atoms with van der Waals surface area (Å²) in [7, 11) is 1.63. The number of quaternary nitrogens is 1. The normalized spacial score (nSPS) is 11.5. The zero-order chi connectivity index (χ0) is 28.7. The second-order valence-corrected chi connectivity index (χ2v) is 9.12. The molecule has 1 atom stereocenters. The van der Waals surface area contributed by atoms with Gasteiger partial charge in [0.15, 0.2) is 0 Å². The molecule has 0 fully saturated rings. The standard InChI is InChI=1S/C26H26N2O5.C4H11NO2/c1-17(8-6-7-11-21(29)30)32-25-23-22(18-12-14-20(31-2)15-13-18)24(19-9-4-3-5-10-19)33-26(23)28-16-27-25;6-3-1-5-2-4-7/h3-5,9-10,12-17H,6-8,11H2,1-2H3,(H,29,30);5-7H,1-4H2/t17-;/m1./s1. The van der Waals surface area contributed by atoms with Crippen LogP contribution in [0.4, 0.5) is 0 Å². The minimum Gasteiger partial charge on any atom is -0.550 e. The zero-order valence-electron chi connectivity index (χ0n) is 22.9. The van der Waals surface area contributed by atoms with Gasteiger partial charge in [-0.2, -0.15) is 0 Å². The van der Waals surface area contributed by atoms with Crippen molar-refractivity contribution in [2.45, 2.75) is 38.7 Å². The van der Waals surface area contributed by atoms with Gasteiger partial charge in [-0.25, -0.2) is 9.97 Å². The summed E-state index contributed by atoms with van der Waals surface area (Å²) in [6.07, 6.45) is 3.28. The molecule has 0 saturated heterocycles. The summed E-state index contributed by atoms with van der Waals surface area (Å²) in [6.45, 7) is 3.72. The van der Waals surface area contributed by atoms with Crippen molar-refractivity contribution < 1.29 is 39.3 Å². The predicted octanol–water partition coefficient (Wildman–Crippen LogP) is 2.18. The number of furan rings is 1. The van der Waals surface area contributed by atoms with Gasteiger partial charge in [-0.15, -0.1) is 0 Å². The number of ether oxygens (including phenoxy) is 2. The average Bonchev–Trinajstić information content (AvgIpc) is 3.37. The van der Waals surface area contributed by atoms with Gasteiger partial charge >= 0.3 is 0 Å². The molecule has 4 N–H and O–H groups in total. The van der Waals surface area contributed by atoms with E-state index in [0.29, 0.717) is 48.7 Å². The number of aliphatic hydroxyl groups excluding tert-OH is 2. The highest BCUT2D eigenvalue weighted by atomic mass is 16.5. The molecule has 0 saturated carbocycles. The SMILES string of the molecule is COc1ccc(-c2c(-c3ccccc3)oc3ncnc(O[C@H](C)CCCCC(=O)[O-])c23)cc1.OCC[NH2+]CCO. The molecule has 2 aromatic heterocycles. The third kappa shape index (κ3) is 8.77. The number of nitrogens with two attached hydrogens (primary N) is 1. The highest BCUT2D eigenvalue weighted by molar-refractivity contribution is 6.03. The monoisotopic (exact) mass is 551 g/mol. The van der Waals surface area contributed by atoms with Crippen molar-refractivity contribution in [1.82, 2.24) is 9.97 Å². The maximum atomic E-state index is 10.6. The predicted molar refractivity (Wildman–Crippen MR) is 149 cm³/mol. The number of carboxylic acid groups (broad SMARTS) is 1. The van der Waals surface area contributed by atoms with Gasteiger partial charge in [0, 0.05) is 17.1 Å². The molecule has 0 spiro atoms. The highest BCUT2D eigenvalue weighted by Gasteiger charge is 2.23. The lowest BCUT2D eigenvalue weighted by Gasteiger charge is -2.15. The Morgan fingerprint density at radius 1 is 1.00 bits per heavy atom. The van der Waals surface area contributed by atoms with Gasteiger partial charge < -0.3 is 39.3 Å². The van der Waals surface area contributed by atoms with Gasteiger partial charge in [0.1, 0.15) is 23.2 Å². The van der Waals surface area contributed by atoms with Gasteiger partial charge in [-0.1, -0.05) is 42.5 Å². The third-order valence-electron chi connectivity index (χ3n) is 6.09. The van der Waals surface area contributed by atoms with E-state index >= 15 is 0 Å². The largest absolute Gasteiger partial charge is 0.550 e. The number of aliphatic hydroxyl groups is 2. The molecular formula is C30H37N3O7. The van der Waals surface area contributed by atoms with Gasteiger partial charge in [-0.05, 0) is 50.3 Å². The number of hydrogen-bond acceptors (Lipinski definition) is 9. The molecule has 2 heterocycles. The number of unbranched alkanes of at least 4 members (excludes halogenated alkanes) is 1. The van der Waals surface area contributed by atoms with Gasteiger partial charge in [0.25, 0.3) is 0 Å². The number of carbonyl (C=O) groups excluding carboxylic acids is 1. The fraction of sp³-hybridized carbons (Fsp3) is 0.367. The number of hydrogen-bond donors (Lipinski definition) is 3. The van der Waals surface area contributed by atoms with Crippen LogP contribution in [0, 0.1) is 0 Å². The van der Waals surface area contributed by atoms with Crippen molar-refractivity contribution >= 4 is 17.1 Å². The van der Waals surface area contributed by atoms with Crippen molar-refractivity contribution in [3.63, 3.8) is 0 Å². The number of methoxy groups -OCH3 is 1. The number of carbonyl (C=O) groups is 1. The van der Waals surface area contributed by atoms with E-state index in [-0.39, 0.29) is 25.7 Å². The molecule has 0 aliphatic heterocycles. The summed E-state index contributed by atoms with van der Waals surface area (Å²) in [6, 6.07) is 17.6. The van der Waals surface area contributed by atoms with Crippen LogP contribution in [0.2, 0.25) is 0 Å². The Morgan fingerprint density at radius 3 is 2.33 bits per heavy atom. The molecule has 214 valence electrons. The molecule has 0 aliphatic carbocycles. The van der Waals surface area contributed by atoms with Crippen LogP contribution in [0.25, 0.3) is 33.6 Å². The molecular weight excluding hydrogens is 514 g/mol. The van der Waals surface area contributed by atoms with Crippen LogP contribution in [0.3, 0.4) is 0 Å². The summed E-state index contributed by atoms with van der Waals surface area (Å²) in [5.74, 6) is 0.842. The number of carboxylic acids is 1. The Bertz CT molecular complexity index is 1310. The quantitative estimate of drug-likeness (QED) is 0.200. The number of aliphatic carboxylic acids is 1. The summed E-state index contributed by atoms with van der Waals surface area (Å²) >= 11 is 0. The summed E-state index contributed by atoms with van der Waals surface area (Å²) in [5, 5.41) is 29.6. The van der Waals surface area contributed by atoms with Gasteiger partial charge in [-0.3, -0.25) is 0 Å². The van der Waals surface area contributed by atoms with Crippen LogP contribution < -0.4 is 19.9 Å².